The van der Waals surface area contributed by atoms with Crippen LogP contribution in [0, 0.1) is 6.92 Å². The summed E-state index contributed by atoms with van der Waals surface area (Å²) in [5, 5.41) is 3.58. The normalized spacial score (nSPS) is 25.4. The number of hydrogen-bond acceptors (Lipinski definition) is 3. The number of aryl methyl sites for hydroxylation is 1. The maximum atomic E-state index is 5.37. The second kappa shape index (κ2) is 5.30. The smallest absolute Gasteiger partial charge is 0.0603 e. The number of rotatable bonds is 3. The summed E-state index contributed by atoms with van der Waals surface area (Å²) in [6, 6.07) is 4.66. The van der Waals surface area contributed by atoms with Gasteiger partial charge in [-0.15, -0.1) is 0 Å². The average molecular weight is 220 g/mol. The molecule has 1 saturated carbocycles. The van der Waals surface area contributed by atoms with Crippen molar-refractivity contribution in [2.75, 3.05) is 12.4 Å². The van der Waals surface area contributed by atoms with Gasteiger partial charge in [0.1, 0.15) is 0 Å². The molecule has 1 N–H and O–H groups in total. The molecule has 1 aliphatic rings. The summed E-state index contributed by atoms with van der Waals surface area (Å²) < 4.78 is 5.37. The number of ether oxygens (including phenoxy) is 1. The summed E-state index contributed by atoms with van der Waals surface area (Å²) in [7, 11) is 1.81. The first-order chi connectivity index (χ1) is 7.79. The molecule has 16 heavy (non-hydrogen) atoms. The van der Waals surface area contributed by atoms with Crippen molar-refractivity contribution in [3.05, 3.63) is 24.0 Å². The Labute approximate surface area is 97.2 Å². The van der Waals surface area contributed by atoms with Gasteiger partial charge < -0.3 is 10.1 Å². The first-order valence-corrected chi connectivity index (χ1v) is 6.00. The lowest BCUT2D eigenvalue weighted by atomic mass is 9.93. The summed E-state index contributed by atoms with van der Waals surface area (Å²) in [5.41, 5.74) is 2.25. The van der Waals surface area contributed by atoms with E-state index in [4.69, 9.17) is 4.74 Å². The number of hydrogen-bond donors (Lipinski definition) is 1. The zero-order valence-corrected chi connectivity index (χ0v) is 10.1. The van der Waals surface area contributed by atoms with Gasteiger partial charge >= 0.3 is 0 Å². The lowest BCUT2D eigenvalue weighted by Crippen LogP contribution is -2.29. The van der Waals surface area contributed by atoms with Gasteiger partial charge in [-0.3, -0.25) is 4.98 Å². The molecule has 0 spiro atoms. The van der Waals surface area contributed by atoms with E-state index in [0.29, 0.717) is 12.1 Å². The van der Waals surface area contributed by atoms with Crippen LogP contribution in [0.2, 0.25) is 0 Å². The molecule has 1 heterocycles. The van der Waals surface area contributed by atoms with Crippen LogP contribution in [0.3, 0.4) is 0 Å². The van der Waals surface area contributed by atoms with Crippen LogP contribution in [0.4, 0.5) is 5.69 Å². The number of nitrogens with one attached hydrogen (secondary N) is 1. The molecule has 3 nitrogen and oxygen atoms in total. The van der Waals surface area contributed by atoms with Gasteiger partial charge in [-0.2, -0.15) is 0 Å². The minimum absolute atomic E-state index is 0.466. The van der Waals surface area contributed by atoms with E-state index in [1.54, 1.807) is 0 Å². The SMILES string of the molecule is COC1CCC(Nc2cccnc2C)CC1. The van der Waals surface area contributed by atoms with Gasteiger partial charge in [-0.05, 0) is 44.7 Å². The molecule has 0 radical (unpaired) electrons. The van der Waals surface area contributed by atoms with Gasteiger partial charge in [0.2, 0.25) is 0 Å². The molecule has 0 aliphatic heterocycles. The summed E-state index contributed by atoms with van der Waals surface area (Å²) >= 11 is 0. The molecule has 1 aromatic rings. The largest absolute Gasteiger partial charge is 0.381 e. The predicted molar refractivity (Wildman–Crippen MR) is 65.6 cm³/mol. The summed E-state index contributed by atoms with van der Waals surface area (Å²) in [6.07, 6.45) is 7.00. The van der Waals surface area contributed by atoms with Crippen molar-refractivity contribution in [1.82, 2.24) is 4.98 Å². The van der Waals surface area contributed by atoms with Gasteiger partial charge in [0.05, 0.1) is 17.5 Å². The average Bonchev–Trinajstić information content (AvgIpc) is 2.33. The first-order valence-electron chi connectivity index (χ1n) is 6.00. The fourth-order valence-corrected chi connectivity index (χ4v) is 2.30. The Morgan fingerprint density at radius 2 is 2.06 bits per heavy atom. The maximum absolute atomic E-state index is 5.37. The van der Waals surface area contributed by atoms with E-state index in [-0.39, 0.29) is 0 Å². The molecule has 2 rings (SSSR count). The lowest BCUT2D eigenvalue weighted by molar-refractivity contribution is 0.0682. The number of anilines is 1. The fraction of sp³-hybridized carbons (Fsp3) is 0.615. The highest BCUT2D eigenvalue weighted by Gasteiger charge is 2.20. The van der Waals surface area contributed by atoms with Gasteiger partial charge in [0.15, 0.2) is 0 Å². The van der Waals surface area contributed by atoms with Crippen LogP contribution in [0.5, 0.6) is 0 Å². The van der Waals surface area contributed by atoms with E-state index in [9.17, 15) is 0 Å². The molecule has 0 saturated heterocycles. The number of aromatic nitrogens is 1. The molecule has 1 fully saturated rings. The topological polar surface area (TPSA) is 34.1 Å². The third-order valence-electron chi connectivity index (χ3n) is 3.37. The number of nitrogens with zero attached hydrogens (tertiary/aromatic N) is 1. The minimum atomic E-state index is 0.466. The molecule has 0 unspecified atom stereocenters. The summed E-state index contributed by atoms with van der Waals surface area (Å²) in [6.45, 7) is 2.04. The second-order valence-corrected chi connectivity index (χ2v) is 4.49. The third-order valence-corrected chi connectivity index (χ3v) is 3.37. The van der Waals surface area contributed by atoms with Crippen LogP contribution in [-0.4, -0.2) is 24.2 Å². The molecule has 3 heteroatoms. The molecule has 0 amide bonds. The van der Waals surface area contributed by atoms with E-state index < -0.39 is 0 Å². The Morgan fingerprint density at radius 1 is 1.31 bits per heavy atom. The lowest BCUT2D eigenvalue weighted by Gasteiger charge is -2.29. The molecule has 0 aromatic carbocycles. The molecule has 1 aromatic heterocycles. The quantitative estimate of drug-likeness (QED) is 0.850. The van der Waals surface area contributed by atoms with Crippen molar-refractivity contribution in [1.29, 1.82) is 0 Å². The highest BCUT2D eigenvalue weighted by molar-refractivity contribution is 5.47. The molecular formula is C13H20N2O. The van der Waals surface area contributed by atoms with Crippen LogP contribution < -0.4 is 5.32 Å². The van der Waals surface area contributed by atoms with Gasteiger partial charge in [-0.25, -0.2) is 0 Å². The number of methoxy groups -OCH3 is 1. The van der Waals surface area contributed by atoms with Crippen molar-refractivity contribution in [3.63, 3.8) is 0 Å². The van der Waals surface area contributed by atoms with Gasteiger partial charge in [0.25, 0.3) is 0 Å². The Balaban J connectivity index is 1.89. The minimum Gasteiger partial charge on any atom is -0.381 e. The Kier molecular flexibility index (Phi) is 3.78. The molecule has 0 bridgehead atoms. The second-order valence-electron chi connectivity index (χ2n) is 4.49. The van der Waals surface area contributed by atoms with E-state index in [1.165, 1.54) is 18.5 Å². The van der Waals surface area contributed by atoms with Crippen molar-refractivity contribution in [2.45, 2.75) is 44.8 Å². The third kappa shape index (κ3) is 2.73. The number of pyridine rings is 1. The Morgan fingerprint density at radius 3 is 2.69 bits per heavy atom. The van der Waals surface area contributed by atoms with Crippen LogP contribution in [-0.2, 0) is 4.74 Å². The monoisotopic (exact) mass is 220 g/mol. The standard InChI is InChI=1S/C13H20N2O/c1-10-13(4-3-9-14-10)15-11-5-7-12(16-2)8-6-11/h3-4,9,11-12,15H,5-8H2,1-2H3. The Bertz CT molecular complexity index is 332. The maximum Gasteiger partial charge on any atom is 0.0603 e. The van der Waals surface area contributed by atoms with Crippen LogP contribution in [0.15, 0.2) is 18.3 Å². The van der Waals surface area contributed by atoms with E-state index >= 15 is 0 Å². The zero-order valence-electron chi connectivity index (χ0n) is 10.1. The van der Waals surface area contributed by atoms with Crippen molar-refractivity contribution in [2.24, 2.45) is 0 Å². The predicted octanol–water partition coefficient (Wildman–Crippen LogP) is 2.76. The fourth-order valence-electron chi connectivity index (χ4n) is 2.30. The van der Waals surface area contributed by atoms with Crippen LogP contribution >= 0.6 is 0 Å². The molecular weight excluding hydrogens is 200 g/mol. The summed E-state index contributed by atoms with van der Waals surface area (Å²) in [4.78, 5) is 4.29. The Hall–Kier alpha value is -1.09. The van der Waals surface area contributed by atoms with E-state index in [0.717, 1.165) is 18.5 Å². The highest BCUT2D eigenvalue weighted by Crippen LogP contribution is 2.24. The van der Waals surface area contributed by atoms with Crippen LogP contribution in [0.25, 0.3) is 0 Å². The highest BCUT2D eigenvalue weighted by atomic mass is 16.5. The van der Waals surface area contributed by atoms with Crippen molar-refractivity contribution in [3.8, 4) is 0 Å². The molecule has 0 atom stereocenters. The molecule has 88 valence electrons. The van der Waals surface area contributed by atoms with Gasteiger partial charge in [-0.1, -0.05) is 0 Å². The van der Waals surface area contributed by atoms with Crippen molar-refractivity contribution < 1.29 is 4.74 Å². The van der Waals surface area contributed by atoms with Gasteiger partial charge in [0, 0.05) is 19.3 Å². The van der Waals surface area contributed by atoms with Crippen LogP contribution in [0.1, 0.15) is 31.4 Å². The molecule has 1 aliphatic carbocycles. The zero-order chi connectivity index (χ0) is 11.4. The van der Waals surface area contributed by atoms with E-state index in [2.05, 4.69) is 16.4 Å². The van der Waals surface area contributed by atoms with E-state index in [1.807, 2.05) is 26.3 Å². The van der Waals surface area contributed by atoms with Crippen molar-refractivity contribution >= 4 is 5.69 Å². The first kappa shape index (κ1) is 11.4. The summed E-state index contributed by atoms with van der Waals surface area (Å²) in [5.74, 6) is 0.